The molecular weight excluding hydrogens is 346 g/mol. The first-order valence-electron chi connectivity index (χ1n) is 9.00. The lowest BCUT2D eigenvalue weighted by Gasteiger charge is -2.26. The van der Waals surface area contributed by atoms with Gasteiger partial charge in [0, 0.05) is 0 Å². The first kappa shape index (κ1) is 24.0. The van der Waals surface area contributed by atoms with Gasteiger partial charge in [-0.15, -0.1) is 0 Å². The highest BCUT2D eigenvalue weighted by Gasteiger charge is 2.10. The lowest BCUT2D eigenvalue weighted by Crippen LogP contribution is -3.00. The number of nitrogens with zero attached hydrogens (tertiary/aromatic N) is 1. The monoisotopic (exact) mass is 383 g/mol. The van der Waals surface area contributed by atoms with E-state index in [0.717, 1.165) is 9.94 Å². The highest BCUT2D eigenvalue weighted by atomic mass is 79.9. The average Bonchev–Trinajstić information content (AvgIpc) is 2.44. The van der Waals surface area contributed by atoms with Crippen LogP contribution in [0.4, 0.5) is 0 Å². The van der Waals surface area contributed by atoms with Gasteiger partial charge in [-0.25, -0.2) is 0 Å². The number of quaternary nitrogens is 1. The van der Waals surface area contributed by atoms with Gasteiger partial charge in [-0.05, 0) is 28.8 Å². The molecule has 0 heterocycles. The average molecular weight is 385 g/mol. The summed E-state index contributed by atoms with van der Waals surface area (Å²) in [5, 5.41) is 0. The van der Waals surface area contributed by atoms with Crippen LogP contribution in [0.2, 0.25) is 0 Å². The molecule has 0 amide bonds. The molecule has 0 saturated heterocycles. The maximum atomic E-state index is 3.58. The summed E-state index contributed by atoms with van der Waals surface area (Å²) < 4.78 is 1.11. The lowest BCUT2D eigenvalue weighted by molar-refractivity contribution is -0.876. The molecule has 0 aromatic heterocycles. The minimum atomic E-state index is 0. The summed E-state index contributed by atoms with van der Waals surface area (Å²) in [4.78, 5) is 0. The lowest BCUT2D eigenvalue weighted by atomic mass is 10.0. The summed E-state index contributed by atoms with van der Waals surface area (Å²) in [5.74, 6) is 0. The van der Waals surface area contributed by atoms with Crippen molar-refractivity contribution >= 4 is 15.9 Å². The molecule has 0 fully saturated rings. The van der Waals surface area contributed by atoms with Crippen molar-refractivity contribution < 1.29 is 16.9 Å². The quantitative estimate of drug-likeness (QED) is 0.175. The van der Waals surface area contributed by atoms with E-state index in [2.05, 4.69) is 36.9 Å². The van der Waals surface area contributed by atoms with Crippen molar-refractivity contribution in [1.82, 2.24) is 0 Å². The molecule has 0 rings (SSSR count). The first-order chi connectivity index (χ1) is 9.62. The van der Waals surface area contributed by atoms with Crippen LogP contribution in [0.3, 0.4) is 0 Å². The summed E-state index contributed by atoms with van der Waals surface area (Å²) in [6, 6.07) is 0. The standard InChI is InChI=1S/C18H39BrN.ClH/c1-4-5-6-7-8-9-10-11-12-13-14-15-16-17-20(2,3)18-19;/h4-18H2,1-3H3;1H/q+1;/p-1. The molecular formula is C18H39BrClN. The van der Waals surface area contributed by atoms with E-state index in [-0.39, 0.29) is 12.4 Å². The molecule has 0 aliphatic rings. The van der Waals surface area contributed by atoms with E-state index in [1.54, 1.807) is 0 Å². The summed E-state index contributed by atoms with van der Waals surface area (Å²) in [7, 11) is 4.60. The van der Waals surface area contributed by atoms with E-state index >= 15 is 0 Å². The number of alkyl halides is 1. The molecule has 0 bridgehead atoms. The van der Waals surface area contributed by atoms with Crippen LogP contribution in [0.5, 0.6) is 0 Å². The van der Waals surface area contributed by atoms with Crippen LogP contribution >= 0.6 is 15.9 Å². The van der Waals surface area contributed by atoms with Crippen LogP contribution in [-0.2, 0) is 0 Å². The van der Waals surface area contributed by atoms with E-state index in [9.17, 15) is 0 Å². The van der Waals surface area contributed by atoms with Crippen LogP contribution in [-0.4, -0.2) is 30.6 Å². The summed E-state index contributed by atoms with van der Waals surface area (Å²) >= 11 is 3.58. The summed E-state index contributed by atoms with van der Waals surface area (Å²) in [5.41, 5.74) is 1.07. The van der Waals surface area contributed by atoms with Gasteiger partial charge in [-0.1, -0.05) is 77.6 Å². The second kappa shape index (κ2) is 17.1. The van der Waals surface area contributed by atoms with Gasteiger partial charge in [0.25, 0.3) is 0 Å². The first-order valence-corrected chi connectivity index (χ1v) is 10.1. The minimum absolute atomic E-state index is 0. The fourth-order valence-corrected chi connectivity index (χ4v) is 2.87. The molecule has 0 aliphatic heterocycles. The van der Waals surface area contributed by atoms with Gasteiger partial charge in [0.1, 0.15) is 5.45 Å². The Balaban J connectivity index is 0. The molecule has 3 heteroatoms. The van der Waals surface area contributed by atoms with Crippen molar-refractivity contribution in [2.45, 2.75) is 90.4 Å². The van der Waals surface area contributed by atoms with Crippen molar-refractivity contribution in [3.8, 4) is 0 Å². The van der Waals surface area contributed by atoms with Crippen molar-refractivity contribution in [3.63, 3.8) is 0 Å². The Labute approximate surface area is 149 Å². The third kappa shape index (κ3) is 18.7. The van der Waals surface area contributed by atoms with Crippen molar-refractivity contribution in [3.05, 3.63) is 0 Å². The Morgan fingerprint density at radius 3 is 1.29 bits per heavy atom. The SMILES string of the molecule is CCCCCCCCCCCCCCC[N+](C)(C)CBr.[Cl-]. The Morgan fingerprint density at radius 1 is 0.619 bits per heavy atom. The molecule has 130 valence electrons. The smallest absolute Gasteiger partial charge is 0.133 e. The van der Waals surface area contributed by atoms with Gasteiger partial charge in [0.15, 0.2) is 0 Å². The largest absolute Gasteiger partial charge is 1.00 e. The van der Waals surface area contributed by atoms with Crippen LogP contribution in [0.15, 0.2) is 0 Å². The van der Waals surface area contributed by atoms with E-state index < -0.39 is 0 Å². The molecule has 0 radical (unpaired) electrons. The van der Waals surface area contributed by atoms with Gasteiger partial charge in [-0.2, -0.15) is 0 Å². The second-order valence-electron chi connectivity index (χ2n) is 7.02. The second-order valence-corrected chi connectivity index (χ2v) is 7.52. The zero-order valence-electron chi connectivity index (χ0n) is 14.8. The summed E-state index contributed by atoms with van der Waals surface area (Å²) in [6.07, 6.45) is 18.8. The fraction of sp³-hybridized carbons (Fsp3) is 1.00. The Bertz CT molecular complexity index is 198. The molecule has 0 aromatic carbocycles. The van der Waals surface area contributed by atoms with E-state index in [4.69, 9.17) is 0 Å². The number of hydrogen-bond donors (Lipinski definition) is 0. The zero-order valence-corrected chi connectivity index (χ0v) is 17.2. The van der Waals surface area contributed by atoms with E-state index in [1.165, 1.54) is 90.0 Å². The third-order valence-corrected chi connectivity index (χ3v) is 5.55. The predicted octanol–water partition coefficient (Wildman–Crippen LogP) is 3.51. The van der Waals surface area contributed by atoms with Crippen molar-refractivity contribution in [1.29, 1.82) is 0 Å². The molecule has 1 nitrogen and oxygen atoms in total. The topological polar surface area (TPSA) is 0 Å². The normalized spacial score (nSPS) is 11.4. The van der Waals surface area contributed by atoms with Crippen LogP contribution in [0.1, 0.15) is 90.4 Å². The van der Waals surface area contributed by atoms with Gasteiger partial charge >= 0.3 is 0 Å². The van der Waals surface area contributed by atoms with Gasteiger partial charge in [0.2, 0.25) is 0 Å². The van der Waals surface area contributed by atoms with E-state index in [1.807, 2.05) is 0 Å². The molecule has 21 heavy (non-hydrogen) atoms. The highest BCUT2D eigenvalue weighted by Crippen LogP contribution is 2.13. The maximum absolute atomic E-state index is 3.58. The Hall–Kier alpha value is 0.730. The number of rotatable bonds is 15. The molecule has 0 aliphatic carbocycles. The van der Waals surface area contributed by atoms with Gasteiger partial charge in [-0.3, -0.25) is 0 Å². The zero-order chi connectivity index (χ0) is 15.1. The van der Waals surface area contributed by atoms with E-state index in [0.29, 0.717) is 0 Å². The fourth-order valence-electron chi connectivity index (χ4n) is 2.62. The molecule has 0 atom stereocenters. The number of unbranched alkanes of at least 4 members (excludes halogenated alkanes) is 12. The third-order valence-electron chi connectivity index (χ3n) is 4.19. The summed E-state index contributed by atoms with van der Waals surface area (Å²) in [6.45, 7) is 3.60. The van der Waals surface area contributed by atoms with Gasteiger partial charge < -0.3 is 16.9 Å². The predicted molar refractivity (Wildman–Crippen MR) is 96.5 cm³/mol. The number of halogens is 2. The van der Waals surface area contributed by atoms with Crippen LogP contribution < -0.4 is 12.4 Å². The van der Waals surface area contributed by atoms with Gasteiger partial charge in [0.05, 0.1) is 20.6 Å². The molecule has 0 N–H and O–H groups in total. The molecule has 0 saturated carbocycles. The van der Waals surface area contributed by atoms with Crippen molar-refractivity contribution in [2.24, 2.45) is 0 Å². The molecule has 0 unspecified atom stereocenters. The highest BCUT2D eigenvalue weighted by molar-refractivity contribution is 9.09. The van der Waals surface area contributed by atoms with Crippen LogP contribution in [0, 0.1) is 0 Å². The Morgan fingerprint density at radius 2 is 0.952 bits per heavy atom. The molecule has 0 spiro atoms. The van der Waals surface area contributed by atoms with Crippen molar-refractivity contribution in [2.75, 3.05) is 26.1 Å². The minimum Gasteiger partial charge on any atom is -1.00 e. The van der Waals surface area contributed by atoms with Crippen LogP contribution in [0.25, 0.3) is 0 Å². The Kier molecular flexibility index (Phi) is 19.5. The number of hydrogen-bond acceptors (Lipinski definition) is 0. The maximum Gasteiger partial charge on any atom is 0.133 e. The molecule has 0 aromatic rings.